The molecule has 0 fully saturated rings. The highest BCUT2D eigenvalue weighted by molar-refractivity contribution is 5.80. The SMILES string of the molecule is CC(C)/N=C(/NCCOCCO)NC(C)C. The van der Waals surface area contributed by atoms with E-state index in [0.717, 1.165) is 5.96 Å². The zero-order chi connectivity index (χ0) is 12.4. The van der Waals surface area contributed by atoms with Crippen molar-refractivity contribution in [1.82, 2.24) is 10.6 Å². The average Bonchev–Trinajstić information content (AvgIpc) is 2.15. The van der Waals surface area contributed by atoms with Gasteiger partial charge in [-0.25, -0.2) is 0 Å². The van der Waals surface area contributed by atoms with E-state index in [2.05, 4.69) is 29.5 Å². The van der Waals surface area contributed by atoms with Crippen LogP contribution >= 0.6 is 0 Å². The van der Waals surface area contributed by atoms with E-state index in [0.29, 0.717) is 25.8 Å². The van der Waals surface area contributed by atoms with Crippen molar-refractivity contribution in [1.29, 1.82) is 0 Å². The highest BCUT2D eigenvalue weighted by atomic mass is 16.5. The van der Waals surface area contributed by atoms with E-state index in [1.807, 2.05) is 13.8 Å². The Morgan fingerprint density at radius 1 is 1.25 bits per heavy atom. The molecule has 5 heteroatoms. The zero-order valence-corrected chi connectivity index (χ0v) is 10.8. The number of guanidine groups is 1. The minimum absolute atomic E-state index is 0.0667. The average molecular weight is 231 g/mol. The highest BCUT2D eigenvalue weighted by Crippen LogP contribution is 1.87. The van der Waals surface area contributed by atoms with Crippen LogP contribution in [0.15, 0.2) is 4.99 Å². The fourth-order valence-electron chi connectivity index (χ4n) is 1.07. The van der Waals surface area contributed by atoms with Gasteiger partial charge in [-0.15, -0.1) is 0 Å². The van der Waals surface area contributed by atoms with Gasteiger partial charge in [0.1, 0.15) is 0 Å². The summed E-state index contributed by atoms with van der Waals surface area (Å²) in [6.07, 6.45) is 0. The molecule has 0 aliphatic carbocycles. The molecule has 0 unspecified atom stereocenters. The second-order valence-electron chi connectivity index (χ2n) is 4.13. The normalized spacial score (nSPS) is 12.3. The van der Waals surface area contributed by atoms with Crippen molar-refractivity contribution in [3.8, 4) is 0 Å². The molecule has 3 N–H and O–H groups in total. The summed E-state index contributed by atoms with van der Waals surface area (Å²) in [4.78, 5) is 4.42. The van der Waals surface area contributed by atoms with Crippen LogP contribution in [0.5, 0.6) is 0 Å². The smallest absolute Gasteiger partial charge is 0.191 e. The van der Waals surface area contributed by atoms with Crippen LogP contribution in [0.4, 0.5) is 0 Å². The summed E-state index contributed by atoms with van der Waals surface area (Å²) in [7, 11) is 0. The third-order valence-electron chi connectivity index (χ3n) is 1.59. The fourth-order valence-corrected chi connectivity index (χ4v) is 1.07. The molecule has 0 aromatic heterocycles. The van der Waals surface area contributed by atoms with E-state index in [-0.39, 0.29) is 12.6 Å². The molecule has 16 heavy (non-hydrogen) atoms. The minimum atomic E-state index is 0.0667. The lowest BCUT2D eigenvalue weighted by Gasteiger charge is -2.16. The van der Waals surface area contributed by atoms with E-state index in [1.165, 1.54) is 0 Å². The number of hydrogen-bond acceptors (Lipinski definition) is 3. The topological polar surface area (TPSA) is 65.9 Å². The lowest BCUT2D eigenvalue weighted by molar-refractivity contribution is 0.0957. The van der Waals surface area contributed by atoms with Gasteiger partial charge in [0.2, 0.25) is 0 Å². The Labute approximate surface area is 98.3 Å². The largest absolute Gasteiger partial charge is 0.394 e. The van der Waals surface area contributed by atoms with Crippen molar-refractivity contribution in [3.05, 3.63) is 0 Å². The van der Waals surface area contributed by atoms with E-state index >= 15 is 0 Å². The van der Waals surface area contributed by atoms with Crippen molar-refractivity contribution in [2.45, 2.75) is 39.8 Å². The molecule has 0 aromatic rings. The maximum absolute atomic E-state index is 8.53. The molecule has 0 amide bonds. The second kappa shape index (κ2) is 9.42. The predicted molar refractivity (Wildman–Crippen MR) is 66.8 cm³/mol. The maximum atomic E-state index is 8.53. The van der Waals surface area contributed by atoms with Gasteiger partial charge in [-0.1, -0.05) is 0 Å². The first-order chi connectivity index (χ1) is 7.56. The summed E-state index contributed by atoms with van der Waals surface area (Å²) < 4.78 is 5.15. The van der Waals surface area contributed by atoms with Crippen LogP contribution in [0.3, 0.4) is 0 Å². The zero-order valence-electron chi connectivity index (χ0n) is 10.8. The van der Waals surface area contributed by atoms with Crippen LogP contribution in [0, 0.1) is 0 Å². The first-order valence-corrected chi connectivity index (χ1v) is 5.83. The molecule has 0 bridgehead atoms. The summed E-state index contributed by atoms with van der Waals surface area (Å²) >= 11 is 0. The quantitative estimate of drug-likeness (QED) is 0.336. The molecule has 0 rings (SSSR count). The molecule has 0 spiro atoms. The maximum Gasteiger partial charge on any atom is 0.191 e. The van der Waals surface area contributed by atoms with E-state index < -0.39 is 0 Å². The van der Waals surface area contributed by atoms with Crippen molar-refractivity contribution in [2.24, 2.45) is 4.99 Å². The molecule has 0 heterocycles. The molecule has 0 aromatic carbocycles. The van der Waals surface area contributed by atoms with Gasteiger partial charge in [0.25, 0.3) is 0 Å². The Balaban J connectivity index is 3.84. The van der Waals surface area contributed by atoms with Crippen LogP contribution in [0.25, 0.3) is 0 Å². The van der Waals surface area contributed by atoms with E-state index in [1.54, 1.807) is 0 Å². The first-order valence-electron chi connectivity index (χ1n) is 5.83. The van der Waals surface area contributed by atoms with Gasteiger partial charge in [-0.2, -0.15) is 0 Å². The van der Waals surface area contributed by atoms with Crippen LogP contribution in [-0.4, -0.2) is 49.5 Å². The third kappa shape index (κ3) is 9.73. The molecular formula is C11H25N3O2. The van der Waals surface area contributed by atoms with Crippen molar-refractivity contribution in [3.63, 3.8) is 0 Å². The summed E-state index contributed by atoms with van der Waals surface area (Å²) in [5.74, 6) is 0.803. The number of ether oxygens (including phenoxy) is 1. The molecule has 0 saturated heterocycles. The lowest BCUT2D eigenvalue weighted by atomic mass is 10.4. The summed E-state index contributed by atoms with van der Waals surface area (Å²) in [6, 6.07) is 0.607. The Morgan fingerprint density at radius 2 is 1.94 bits per heavy atom. The highest BCUT2D eigenvalue weighted by Gasteiger charge is 2.01. The van der Waals surface area contributed by atoms with Gasteiger partial charge in [0.15, 0.2) is 5.96 Å². The third-order valence-corrected chi connectivity index (χ3v) is 1.59. The first kappa shape index (κ1) is 15.2. The molecule has 0 aliphatic heterocycles. The monoisotopic (exact) mass is 231 g/mol. The van der Waals surface area contributed by atoms with Crippen LogP contribution < -0.4 is 10.6 Å². The predicted octanol–water partition coefficient (Wildman–Crippen LogP) is 0.347. The number of nitrogens with zero attached hydrogens (tertiary/aromatic N) is 1. The van der Waals surface area contributed by atoms with Gasteiger partial charge < -0.3 is 20.5 Å². The van der Waals surface area contributed by atoms with E-state index in [9.17, 15) is 0 Å². The standard InChI is InChI=1S/C11H25N3O2/c1-9(2)13-11(14-10(3)4)12-5-7-16-8-6-15/h9-10,15H,5-8H2,1-4H3,(H2,12,13,14). The molecule has 0 radical (unpaired) electrons. The second-order valence-corrected chi connectivity index (χ2v) is 4.13. The Morgan fingerprint density at radius 3 is 2.44 bits per heavy atom. The minimum Gasteiger partial charge on any atom is -0.394 e. The number of aliphatic hydroxyl groups excluding tert-OH is 1. The number of nitrogens with one attached hydrogen (secondary N) is 2. The van der Waals surface area contributed by atoms with E-state index in [4.69, 9.17) is 9.84 Å². The van der Waals surface area contributed by atoms with Crippen molar-refractivity contribution in [2.75, 3.05) is 26.4 Å². The summed E-state index contributed by atoms with van der Waals surface area (Å²) in [6.45, 7) is 9.91. The number of hydrogen-bond donors (Lipinski definition) is 3. The molecule has 96 valence electrons. The Hall–Kier alpha value is -0.810. The Bertz CT molecular complexity index is 194. The van der Waals surface area contributed by atoms with Gasteiger partial charge in [-0.05, 0) is 27.7 Å². The van der Waals surface area contributed by atoms with Gasteiger partial charge in [0.05, 0.1) is 19.8 Å². The molecule has 0 atom stereocenters. The van der Waals surface area contributed by atoms with Crippen LogP contribution in [-0.2, 0) is 4.74 Å². The van der Waals surface area contributed by atoms with Gasteiger partial charge >= 0.3 is 0 Å². The molecular weight excluding hydrogens is 206 g/mol. The number of aliphatic imine (C=N–C) groups is 1. The number of rotatable bonds is 7. The van der Waals surface area contributed by atoms with Gasteiger partial charge in [-0.3, -0.25) is 4.99 Å². The molecule has 0 saturated carbocycles. The fraction of sp³-hybridized carbons (Fsp3) is 0.909. The van der Waals surface area contributed by atoms with Crippen molar-refractivity contribution < 1.29 is 9.84 Å². The number of aliphatic hydroxyl groups is 1. The summed E-state index contributed by atoms with van der Waals surface area (Å²) in [5.41, 5.74) is 0. The van der Waals surface area contributed by atoms with Crippen LogP contribution in [0.1, 0.15) is 27.7 Å². The lowest BCUT2D eigenvalue weighted by Crippen LogP contribution is -2.43. The van der Waals surface area contributed by atoms with Crippen LogP contribution in [0.2, 0.25) is 0 Å². The Kier molecular flexibility index (Phi) is 8.94. The molecule has 5 nitrogen and oxygen atoms in total. The van der Waals surface area contributed by atoms with Crippen molar-refractivity contribution >= 4 is 5.96 Å². The van der Waals surface area contributed by atoms with Gasteiger partial charge in [0, 0.05) is 18.6 Å². The molecule has 0 aliphatic rings. The summed E-state index contributed by atoms with van der Waals surface area (Å²) in [5, 5.41) is 14.9.